The molecule has 0 bridgehead atoms. The molecular weight excluding hydrogens is 743 g/mol. The van der Waals surface area contributed by atoms with Crippen LogP contribution in [0.25, 0.3) is 0 Å². The number of aliphatic carboxylic acids is 1. The second kappa shape index (κ2) is 42.5. The van der Waals surface area contributed by atoms with Gasteiger partial charge in [0, 0.05) is 12.8 Å². The van der Waals surface area contributed by atoms with Crippen molar-refractivity contribution in [2.45, 2.75) is 232 Å². The number of unbranched alkanes of at least 4 members (excludes halogenated alkanes) is 26. The zero-order chi connectivity index (χ0) is 43.5. The molecule has 0 aromatic rings. The van der Waals surface area contributed by atoms with Gasteiger partial charge in [0.1, 0.15) is 13.2 Å². The van der Waals surface area contributed by atoms with Crippen LogP contribution in [0.3, 0.4) is 0 Å². The monoisotopic (exact) mass is 836 g/mol. The summed E-state index contributed by atoms with van der Waals surface area (Å²) in [7, 11) is 5.91. The molecule has 0 fully saturated rings. The first-order valence-electron chi connectivity index (χ1n) is 24.5. The molecule has 0 saturated heterocycles. The van der Waals surface area contributed by atoms with Gasteiger partial charge in [-0.25, -0.2) is 0 Å². The summed E-state index contributed by atoms with van der Waals surface area (Å²) in [5, 5.41) is 11.7. The van der Waals surface area contributed by atoms with E-state index in [4.69, 9.17) is 18.9 Å². The molecule has 0 aromatic carbocycles. The van der Waals surface area contributed by atoms with Gasteiger partial charge in [-0.2, -0.15) is 0 Å². The molecule has 0 aliphatic heterocycles. The SMILES string of the molecule is CCCCC/C=C\C/C=C\CCCCCCCCCCCC(=O)OC(COC(=O)CCCCCCCCCCCCCCCCC)COC(OCC[N+](C)(C)C)C(=O)[O-]. The molecule has 0 heterocycles. The molecule has 0 aliphatic rings. The number of carbonyl (C=O) groups excluding carboxylic acids is 3. The van der Waals surface area contributed by atoms with Crippen molar-refractivity contribution in [3.8, 4) is 0 Å². The molecule has 0 saturated carbocycles. The van der Waals surface area contributed by atoms with Crippen LogP contribution in [0.5, 0.6) is 0 Å². The van der Waals surface area contributed by atoms with Crippen LogP contribution in [-0.2, 0) is 33.3 Å². The van der Waals surface area contributed by atoms with Crippen molar-refractivity contribution in [2.75, 3.05) is 47.5 Å². The number of likely N-dealkylation sites (N-methyl/N-ethyl adjacent to an activating group) is 1. The quantitative estimate of drug-likeness (QED) is 0.0196. The number of esters is 2. The fourth-order valence-electron chi connectivity index (χ4n) is 6.86. The Morgan fingerprint density at radius 1 is 0.508 bits per heavy atom. The highest BCUT2D eigenvalue weighted by atomic mass is 16.7. The minimum absolute atomic E-state index is 0.149. The molecule has 9 nitrogen and oxygen atoms in total. The molecule has 0 N–H and O–H groups in total. The van der Waals surface area contributed by atoms with Crippen LogP contribution < -0.4 is 5.11 Å². The second-order valence-electron chi connectivity index (χ2n) is 17.8. The fourth-order valence-corrected chi connectivity index (χ4v) is 6.86. The Hall–Kier alpha value is -2.23. The van der Waals surface area contributed by atoms with Gasteiger partial charge in [-0.1, -0.05) is 186 Å². The van der Waals surface area contributed by atoms with Crippen LogP contribution >= 0.6 is 0 Å². The molecule has 59 heavy (non-hydrogen) atoms. The normalized spacial score (nSPS) is 13.0. The van der Waals surface area contributed by atoms with Crippen molar-refractivity contribution in [1.82, 2.24) is 0 Å². The molecule has 0 aromatic heterocycles. The number of rotatable bonds is 45. The minimum Gasteiger partial charge on any atom is -0.545 e. The largest absolute Gasteiger partial charge is 0.545 e. The van der Waals surface area contributed by atoms with Crippen molar-refractivity contribution in [1.29, 1.82) is 0 Å². The van der Waals surface area contributed by atoms with E-state index >= 15 is 0 Å². The van der Waals surface area contributed by atoms with Crippen LogP contribution in [0.2, 0.25) is 0 Å². The number of carboxylic acid groups (broad SMARTS) is 1. The Morgan fingerprint density at radius 3 is 1.37 bits per heavy atom. The summed E-state index contributed by atoms with van der Waals surface area (Å²) in [6.45, 7) is 4.74. The lowest BCUT2D eigenvalue weighted by atomic mass is 10.0. The van der Waals surface area contributed by atoms with Crippen molar-refractivity contribution in [3.05, 3.63) is 24.3 Å². The first kappa shape index (κ1) is 56.8. The van der Waals surface area contributed by atoms with E-state index in [2.05, 4.69) is 38.2 Å². The van der Waals surface area contributed by atoms with E-state index in [0.29, 0.717) is 23.9 Å². The molecule has 346 valence electrons. The molecule has 0 aliphatic carbocycles. The third-order valence-corrected chi connectivity index (χ3v) is 10.7. The highest BCUT2D eigenvalue weighted by Gasteiger charge is 2.21. The minimum atomic E-state index is -1.62. The fraction of sp³-hybridized carbons (Fsp3) is 0.860. The first-order valence-corrected chi connectivity index (χ1v) is 24.5. The highest BCUT2D eigenvalue weighted by molar-refractivity contribution is 5.70. The molecule has 0 amide bonds. The van der Waals surface area contributed by atoms with Crippen LogP contribution in [0.15, 0.2) is 24.3 Å². The van der Waals surface area contributed by atoms with E-state index in [1.54, 1.807) is 0 Å². The number of allylic oxidation sites excluding steroid dienone is 4. The van der Waals surface area contributed by atoms with Gasteiger partial charge in [0.15, 0.2) is 12.4 Å². The lowest BCUT2D eigenvalue weighted by molar-refractivity contribution is -0.870. The molecule has 2 unspecified atom stereocenters. The maximum absolute atomic E-state index is 12.8. The first-order chi connectivity index (χ1) is 28.6. The Morgan fingerprint density at radius 2 is 0.915 bits per heavy atom. The zero-order valence-electron chi connectivity index (χ0n) is 39.1. The molecule has 0 rings (SSSR count). The molecule has 2 atom stereocenters. The highest BCUT2D eigenvalue weighted by Crippen LogP contribution is 2.15. The van der Waals surface area contributed by atoms with E-state index in [0.717, 1.165) is 51.4 Å². The standard InChI is InChI=1S/C50H93NO8/c1-6-8-10-12-14-16-18-20-22-23-24-25-27-29-31-33-35-37-39-41-48(53)59-46(45-58-50(49(54)55)56-43-42-51(3,4)5)44-57-47(52)40-38-36-34-32-30-28-26-21-19-17-15-13-11-9-7-2/h14,16,20,22,46,50H,6-13,15,17-19,21,23-45H2,1-5H3/b16-14-,22-20-. The third kappa shape index (κ3) is 43.7. The van der Waals surface area contributed by atoms with Gasteiger partial charge >= 0.3 is 11.9 Å². The molecule has 0 spiro atoms. The lowest BCUT2D eigenvalue weighted by Crippen LogP contribution is -2.44. The predicted molar refractivity (Wildman–Crippen MR) is 242 cm³/mol. The molecule has 9 heteroatoms. The van der Waals surface area contributed by atoms with E-state index in [-0.39, 0.29) is 32.2 Å². The molecule has 0 radical (unpaired) electrons. The van der Waals surface area contributed by atoms with Crippen molar-refractivity contribution < 1.29 is 42.9 Å². The Bertz CT molecular complexity index is 1020. The van der Waals surface area contributed by atoms with Gasteiger partial charge in [-0.15, -0.1) is 0 Å². The lowest BCUT2D eigenvalue weighted by Gasteiger charge is -2.26. The van der Waals surface area contributed by atoms with Crippen LogP contribution in [0.4, 0.5) is 0 Å². The van der Waals surface area contributed by atoms with Crippen LogP contribution in [-0.4, -0.2) is 82.3 Å². The topological polar surface area (TPSA) is 111 Å². The van der Waals surface area contributed by atoms with E-state index in [9.17, 15) is 19.5 Å². The molecular formula is C50H93NO8. The average Bonchev–Trinajstić information content (AvgIpc) is 3.19. The Kier molecular flexibility index (Phi) is 40.9. The van der Waals surface area contributed by atoms with Crippen LogP contribution in [0, 0.1) is 0 Å². The second-order valence-corrected chi connectivity index (χ2v) is 17.8. The number of quaternary nitrogens is 1. The van der Waals surface area contributed by atoms with Gasteiger partial charge in [0.2, 0.25) is 0 Å². The van der Waals surface area contributed by atoms with E-state index < -0.39 is 24.3 Å². The van der Waals surface area contributed by atoms with Gasteiger partial charge in [-0.3, -0.25) is 9.59 Å². The van der Waals surface area contributed by atoms with Crippen molar-refractivity contribution in [3.63, 3.8) is 0 Å². The van der Waals surface area contributed by atoms with Crippen LogP contribution in [0.1, 0.15) is 219 Å². The number of hydrogen-bond acceptors (Lipinski definition) is 8. The zero-order valence-corrected chi connectivity index (χ0v) is 39.1. The maximum Gasteiger partial charge on any atom is 0.306 e. The van der Waals surface area contributed by atoms with Gasteiger partial charge < -0.3 is 33.3 Å². The van der Waals surface area contributed by atoms with E-state index in [1.807, 2.05) is 21.1 Å². The van der Waals surface area contributed by atoms with Gasteiger partial charge in [0.05, 0.1) is 40.3 Å². The number of nitrogens with zero attached hydrogens (tertiary/aromatic N) is 1. The number of ether oxygens (including phenoxy) is 4. The number of hydrogen-bond donors (Lipinski definition) is 0. The third-order valence-electron chi connectivity index (χ3n) is 10.7. The summed E-state index contributed by atoms with van der Waals surface area (Å²) in [4.78, 5) is 37.1. The van der Waals surface area contributed by atoms with Crippen molar-refractivity contribution in [2.24, 2.45) is 0 Å². The number of carboxylic acids is 1. The average molecular weight is 836 g/mol. The summed E-state index contributed by atoms with van der Waals surface area (Å²) >= 11 is 0. The van der Waals surface area contributed by atoms with Crippen molar-refractivity contribution >= 4 is 17.9 Å². The summed E-state index contributed by atoms with van der Waals surface area (Å²) < 4.78 is 22.6. The summed E-state index contributed by atoms with van der Waals surface area (Å²) in [6.07, 6.45) is 43.4. The summed E-state index contributed by atoms with van der Waals surface area (Å²) in [6, 6.07) is 0. The smallest absolute Gasteiger partial charge is 0.306 e. The van der Waals surface area contributed by atoms with Gasteiger partial charge in [0.25, 0.3) is 0 Å². The Labute approximate surface area is 363 Å². The Balaban J connectivity index is 4.36. The maximum atomic E-state index is 12.8. The van der Waals surface area contributed by atoms with E-state index in [1.165, 1.54) is 135 Å². The summed E-state index contributed by atoms with van der Waals surface area (Å²) in [5.74, 6) is -2.28. The summed E-state index contributed by atoms with van der Waals surface area (Å²) in [5.41, 5.74) is 0. The van der Waals surface area contributed by atoms with Gasteiger partial charge in [-0.05, 0) is 44.9 Å². The predicted octanol–water partition coefficient (Wildman–Crippen LogP) is 11.9. The number of carbonyl (C=O) groups is 3.